The van der Waals surface area contributed by atoms with Gasteiger partial charge in [-0.2, -0.15) is 0 Å². The molecule has 0 saturated heterocycles. The average molecular weight is 273 g/mol. The Kier molecular flexibility index (Phi) is 3.64. The molecule has 4 unspecified atom stereocenters. The lowest BCUT2D eigenvalue weighted by molar-refractivity contribution is 0.0958. The number of hydrogen-bond acceptors (Lipinski definition) is 3. The molecule has 2 saturated carbocycles. The molecule has 0 radical (unpaired) electrons. The molecule has 2 N–H and O–H groups in total. The number of pyridine rings is 1. The largest absolute Gasteiger partial charge is 0.382 e. The van der Waals surface area contributed by atoms with Crippen LogP contribution in [0.5, 0.6) is 0 Å². The fraction of sp³-hybridized carbons (Fsp3) is 0.625. The Balaban J connectivity index is 1.67. The first-order chi connectivity index (χ1) is 9.67. The molecule has 2 aliphatic rings. The number of nitrogens with zero attached hydrogens (tertiary/aromatic N) is 1. The third-order valence-corrected chi connectivity index (χ3v) is 5.05. The third kappa shape index (κ3) is 2.51. The molecule has 1 aromatic heterocycles. The molecule has 1 aromatic rings. The number of anilines is 1. The molecule has 4 nitrogen and oxygen atoms in total. The summed E-state index contributed by atoms with van der Waals surface area (Å²) in [6, 6.07) is 4.24. The number of nitrogens with one attached hydrogen (secondary N) is 2. The Labute approximate surface area is 120 Å². The van der Waals surface area contributed by atoms with E-state index in [2.05, 4.69) is 22.5 Å². The Bertz CT molecular complexity index is 502. The van der Waals surface area contributed by atoms with Crippen molar-refractivity contribution in [3.05, 3.63) is 24.0 Å². The SMILES string of the molecule is CNC(=O)c1cc(NC(C)C2CC3CCC2C3)ccn1. The molecule has 2 aliphatic carbocycles. The lowest BCUT2D eigenvalue weighted by Gasteiger charge is -2.29. The first-order valence-corrected chi connectivity index (χ1v) is 7.62. The molecule has 0 aromatic carbocycles. The van der Waals surface area contributed by atoms with Gasteiger partial charge in [-0.25, -0.2) is 0 Å². The van der Waals surface area contributed by atoms with Crippen LogP contribution in [-0.4, -0.2) is 24.0 Å². The van der Waals surface area contributed by atoms with Crippen LogP contribution in [0.4, 0.5) is 5.69 Å². The third-order valence-electron chi connectivity index (χ3n) is 5.05. The van der Waals surface area contributed by atoms with E-state index in [-0.39, 0.29) is 5.91 Å². The van der Waals surface area contributed by atoms with Gasteiger partial charge in [-0.05, 0) is 56.1 Å². The molecule has 4 atom stereocenters. The van der Waals surface area contributed by atoms with E-state index in [0.29, 0.717) is 11.7 Å². The average Bonchev–Trinajstić information content (AvgIpc) is 3.09. The van der Waals surface area contributed by atoms with Crippen molar-refractivity contribution in [1.29, 1.82) is 0 Å². The van der Waals surface area contributed by atoms with E-state index < -0.39 is 0 Å². The van der Waals surface area contributed by atoms with Crippen LogP contribution >= 0.6 is 0 Å². The standard InChI is InChI=1S/C16H23N3O/c1-10(14-8-11-3-4-12(14)7-11)19-13-5-6-18-15(9-13)16(20)17-2/h5-6,9-12,14H,3-4,7-8H2,1-2H3,(H,17,20)(H,18,19). The van der Waals surface area contributed by atoms with E-state index in [9.17, 15) is 4.79 Å². The summed E-state index contributed by atoms with van der Waals surface area (Å²) in [6.45, 7) is 2.27. The lowest BCUT2D eigenvalue weighted by atomic mass is 9.84. The van der Waals surface area contributed by atoms with Gasteiger partial charge in [0, 0.05) is 25.0 Å². The van der Waals surface area contributed by atoms with Gasteiger partial charge in [-0.1, -0.05) is 6.42 Å². The van der Waals surface area contributed by atoms with Crippen LogP contribution in [0.2, 0.25) is 0 Å². The van der Waals surface area contributed by atoms with Crippen LogP contribution < -0.4 is 10.6 Å². The fourth-order valence-electron chi connectivity index (χ4n) is 4.05. The van der Waals surface area contributed by atoms with Gasteiger partial charge in [-0.15, -0.1) is 0 Å². The van der Waals surface area contributed by atoms with Crippen molar-refractivity contribution >= 4 is 11.6 Å². The second-order valence-electron chi connectivity index (χ2n) is 6.28. The first kappa shape index (κ1) is 13.4. The molecular formula is C16H23N3O. The van der Waals surface area contributed by atoms with Crippen molar-refractivity contribution in [2.75, 3.05) is 12.4 Å². The summed E-state index contributed by atoms with van der Waals surface area (Å²) in [7, 11) is 1.63. The highest BCUT2D eigenvalue weighted by Crippen LogP contribution is 2.49. The van der Waals surface area contributed by atoms with Gasteiger partial charge in [0.15, 0.2) is 0 Å². The summed E-state index contributed by atoms with van der Waals surface area (Å²) in [5, 5.41) is 6.18. The maximum absolute atomic E-state index is 11.6. The summed E-state index contributed by atoms with van der Waals surface area (Å²) < 4.78 is 0. The van der Waals surface area contributed by atoms with Crippen molar-refractivity contribution in [3.63, 3.8) is 0 Å². The zero-order valence-electron chi connectivity index (χ0n) is 12.2. The summed E-state index contributed by atoms with van der Waals surface area (Å²) in [4.78, 5) is 15.7. The fourth-order valence-corrected chi connectivity index (χ4v) is 4.05. The van der Waals surface area contributed by atoms with Crippen molar-refractivity contribution in [3.8, 4) is 0 Å². The second-order valence-corrected chi connectivity index (χ2v) is 6.28. The van der Waals surface area contributed by atoms with Gasteiger partial charge in [0.25, 0.3) is 5.91 Å². The molecule has 2 bridgehead atoms. The highest BCUT2D eigenvalue weighted by molar-refractivity contribution is 5.92. The minimum absolute atomic E-state index is 0.138. The molecule has 0 spiro atoms. The van der Waals surface area contributed by atoms with Gasteiger partial charge >= 0.3 is 0 Å². The molecule has 4 heteroatoms. The molecule has 108 valence electrons. The zero-order valence-corrected chi connectivity index (χ0v) is 12.2. The second kappa shape index (κ2) is 5.43. The smallest absolute Gasteiger partial charge is 0.269 e. The van der Waals surface area contributed by atoms with E-state index in [4.69, 9.17) is 0 Å². The van der Waals surface area contributed by atoms with Crippen LogP contribution in [-0.2, 0) is 0 Å². The predicted octanol–water partition coefficient (Wildman–Crippen LogP) is 2.68. The highest BCUT2D eigenvalue weighted by atomic mass is 16.1. The topological polar surface area (TPSA) is 54.0 Å². The molecule has 1 amide bonds. The molecule has 0 aliphatic heterocycles. The van der Waals surface area contributed by atoms with Crippen LogP contribution in [0, 0.1) is 17.8 Å². The van der Waals surface area contributed by atoms with Crippen molar-refractivity contribution < 1.29 is 4.79 Å². The highest BCUT2D eigenvalue weighted by Gasteiger charge is 2.41. The molecule has 1 heterocycles. The summed E-state index contributed by atoms with van der Waals surface area (Å²) in [5.74, 6) is 2.52. The van der Waals surface area contributed by atoms with Crippen LogP contribution in [0.3, 0.4) is 0 Å². The molecular weight excluding hydrogens is 250 g/mol. The monoisotopic (exact) mass is 273 g/mol. The van der Waals surface area contributed by atoms with E-state index >= 15 is 0 Å². The molecule has 20 heavy (non-hydrogen) atoms. The number of carbonyl (C=O) groups excluding carboxylic acids is 1. The zero-order chi connectivity index (χ0) is 14.1. The number of fused-ring (bicyclic) bond motifs is 2. The molecule has 2 fully saturated rings. The van der Waals surface area contributed by atoms with E-state index in [1.54, 1.807) is 13.2 Å². The van der Waals surface area contributed by atoms with Gasteiger partial charge < -0.3 is 10.6 Å². The van der Waals surface area contributed by atoms with E-state index in [0.717, 1.165) is 23.4 Å². The number of carbonyl (C=O) groups is 1. The lowest BCUT2D eigenvalue weighted by Crippen LogP contribution is -2.30. The Morgan fingerprint density at radius 3 is 2.90 bits per heavy atom. The quantitative estimate of drug-likeness (QED) is 0.887. The summed E-state index contributed by atoms with van der Waals surface area (Å²) in [5.41, 5.74) is 1.46. The Morgan fingerprint density at radius 2 is 2.25 bits per heavy atom. The maximum atomic E-state index is 11.6. The number of rotatable bonds is 4. The maximum Gasteiger partial charge on any atom is 0.269 e. The number of amides is 1. The van der Waals surface area contributed by atoms with E-state index in [1.807, 2.05) is 12.1 Å². The minimum atomic E-state index is -0.138. The van der Waals surface area contributed by atoms with Crippen LogP contribution in [0.25, 0.3) is 0 Å². The van der Waals surface area contributed by atoms with Crippen LogP contribution in [0.1, 0.15) is 43.1 Å². The predicted molar refractivity (Wildman–Crippen MR) is 79.6 cm³/mol. The summed E-state index contributed by atoms with van der Waals surface area (Å²) >= 11 is 0. The van der Waals surface area contributed by atoms with Gasteiger partial charge in [-0.3, -0.25) is 9.78 Å². The number of aromatic nitrogens is 1. The van der Waals surface area contributed by atoms with Crippen molar-refractivity contribution in [2.45, 2.75) is 38.6 Å². The molecule has 3 rings (SSSR count). The van der Waals surface area contributed by atoms with Gasteiger partial charge in [0.1, 0.15) is 5.69 Å². The van der Waals surface area contributed by atoms with Crippen molar-refractivity contribution in [2.24, 2.45) is 17.8 Å². The van der Waals surface area contributed by atoms with E-state index in [1.165, 1.54) is 25.7 Å². The van der Waals surface area contributed by atoms with Gasteiger partial charge in [0.2, 0.25) is 0 Å². The van der Waals surface area contributed by atoms with Crippen molar-refractivity contribution in [1.82, 2.24) is 10.3 Å². The first-order valence-electron chi connectivity index (χ1n) is 7.62. The van der Waals surface area contributed by atoms with Gasteiger partial charge in [0.05, 0.1) is 0 Å². The summed E-state index contributed by atoms with van der Waals surface area (Å²) in [6.07, 6.45) is 7.33. The normalized spacial score (nSPS) is 29.2. The number of hydrogen-bond donors (Lipinski definition) is 2. The minimum Gasteiger partial charge on any atom is -0.382 e. The van der Waals surface area contributed by atoms with Crippen LogP contribution in [0.15, 0.2) is 18.3 Å². The Morgan fingerprint density at radius 1 is 1.40 bits per heavy atom. The Hall–Kier alpha value is -1.58.